The predicted octanol–water partition coefficient (Wildman–Crippen LogP) is 1.47. The number of aryl methyl sites for hydroxylation is 2. The van der Waals surface area contributed by atoms with E-state index in [2.05, 4.69) is 35.5 Å². The Morgan fingerprint density at radius 3 is 3.00 bits per heavy atom. The van der Waals surface area contributed by atoms with Crippen molar-refractivity contribution in [3.8, 4) is 0 Å². The highest BCUT2D eigenvalue weighted by Crippen LogP contribution is 2.14. The van der Waals surface area contributed by atoms with Crippen LogP contribution >= 0.6 is 0 Å². The summed E-state index contributed by atoms with van der Waals surface area (Å²) >= 11 is 0. The van der Waals surface area contributed by atoms with Crippen LogP contribution in [0.4, 0.5) is 5.82 Å². The van der Waals surface area contributed by atoms with Crippen LogP contribution in [0.5, 0.6) is 0 Å². The van der Waals surface area contributed by atoms with Crippen molar-refractivity contribution in [1.29, 1.82) is 0 Å². The van der Waals surface area contributed by atoms with E-state index in [1.54, 1.807) is 0 Å². The van der Waals surface area contributed by atoms with Crippen molar-refractivity contribution in [3.05, 3.63) is 23.4 Å². The Morgan fingerprint density at radius 1 is 1.50 bits per heavy atom. The zero-order chi connectivity index (χ0) is 9.97. The summed E-state index contributed by atoms with van der Waals surface area (Å²) in [5.41, 5.74) is 2.45. The maximum Gasteiger partial charge on any atom is 0.129 e. The highest BCUT2D eigenvalue weighted by Gasteiger charge is 2.14. The van der Waals surface area contributed by atoms with Crippen molar-refractivity contribution in [2.75, 3.05) is 18.4 Å². The molecule has 3 heteroatoms. The molecule has 1 aromatic heterocycles. The largest absolute Gasteiger partial charge is 0.366 e. The van der Waals surface area contributed by atoms with Gasteiger partial charge in [0.05, 0.1) is 0 Å². The molecule has 0 bridgehead atoms. The third-order valence-corrected chi connectivity index (χ3v) is 2.62. The van der Waals surface area contributed by atoms with Gasteiger partial charge in [-0.25, -0.2) is 4.98 Å². The van der Waals surface area contributed by atoms with Crippen molar-refractivity contribution in [2.45, 2.75) is 26.3 Å². The highest BCUT2D eigenvalue weighted by molar-refractivity contribution is 5.45. The summed E-state index contributed by atoms with van der Waals surface area (Å²) in [5, 5.41) is 6.80. The molecular formula is C11H17N3. The predicted molar refractivity (Wildman–Crippen MR) is 58.6 cm³/mol. The van der Waals surface area contributed by atoms with Crippen molar-refractivity contribution in [3.63, 3.8) is 0 Å². The van der Waals surface area contributed by atoms with Gasteiger partial charge in [0.15, 0.2) is 0 Å². The molecule has 2 heterocycles. The zero-order valence-electron chi connectivity index (χ0n) is 8.80. The molecule has 2 N–H and O–H groups in total. The number of nitrogens with zero attached hydrogens (tertiary/aromatic N) is 1. The maximum atomic E-state index is 4.40. The number of hydrogen-bond acceptors (Lipinski definition) is 3. The monoisotopic (exact) mass is 191 g/mol. The Labute approximate surface area is 84.9 Å². The van der Waals surface area contributed by atoms with E-state index in [0.717, 1.165) is 18.9 Å². The Balaban J connectivity index is 2.08. The van der Waals surface area contributed by atoms with Crippen LogP contribution < -0.4 is 10.6 Å². The second kappa shape index (κ2) is 3.96. The Kier molecular flexibility index (Phi) is 2.68. The van der Waals surface area contributed by atoms with Gasteiger partial charge in [-0.2, -0.15) is 0 Å². The van der Waals surface area contributed by atoms with E-state index < -0.39 is 0 Å². The molecule has 0 spiro atoms. The Bertz CT molecular complexity index is 316. The molecule has 1 saturated heterocycles. The van der Waals surface area contributed by atoms with E-state index >= 15 is 0 Å². The molecule has 0 saturated carbocycles. The number of hydrogen-bond donors (Lipinski definition) is 2. The van der Waals surface area contributed by atoms with Crippen molar-refractivity contribution in [2.24, 2.45) is 0 Å². The van der Waals surface area contributed by atoms with Crippen LogP contribution in [0.2, 0.25) is 0 Å². The van der Waals surface area contributed by atoms with Crippen LogP contribution in [0, 0.1) is 13.8 Å². The van der Waals surface area contributed by atoms with Gasteiger partial charge >= 0.3 is 0 Å². The minimum absolute atomic E-state index is 0.545. The van der Waals surface area contributed by atoms with E-state index in [0.29, 0.717) is 6.04 Å². The molecule has 1 aliphatic rings. The molecule has 0 amide bonds. The number of rotatable bonds is 2. The third-order valence-electron chi connectivity index (χ3n) is 2.62. The topological polar surface area (TPSA) is 37.0 Å². The second-order valence-electron chi connectivity index (χ2n) is 4.01. The quantitative estimate of drug-likeness (QED) is 0.743. The van der Waals surface area contributed by atoms with Crippen molar-refractivity contribution < 1.29 is 0 Å². The van der Waals surface area contributed by atoms with Crippen LogP contribution in [0.1, 0.15) is 17.5 Å². The first-order valence-electron chi connectivity index (χ1n) is 5.16. The summed E-state index contributed by atoms with van der Waals surface area (Å²) in [5.74, 6) is 1.03. The molecule has 14 heavy (non-hydrogen) atoms. The van der Waals surface area contributed by atoms with Crippen LogP contribution in [-0.4, -0.2) is 24.1 Å². The third kappa shape index (κ3) is 2.04. The summed E-state index contributed by atoms with van der Waals surface area (Å²) in [6.45, 7) is 6.34. The van der Waals surface area contributed by atoms with Crippen molar-refractivity contribution >= 4 is 5.82 Å². The van der Waals surface area contributed by atoms with Gasteiger partial charge in [-0.05, 0) is 37.9 Å². The molecule has 0 aromatic carbocycles. The molecule has 2 rings (SSSR count). The van der Waals surface area contributed by atoms with Gasteiger partial charge in [-0.1, -0.05) is 6.07 Å². The van der Waals surface area contributed by atoms with E-state index in [9.17, 15) is 0 Å². The van der Waals surface area contributed by atoms with Crippen LogP contribution in [-0.2, 0) is 0 Å². The van der Waals surface area contributed by atoms with Gasteiger partial charge < -0.3 is 10.6 Å². The minimum atomic E-state index is 0.545. The highest BCUT2D eigenvalue weighted by atomic mass is 15.1. The fraction of sp³-hybridized carbons (Fsp3) is 0.545. The SMILES string of the molecule is Cc1cnc(N[C@H]2CCNC2)c(C)c1. The zero-order valence-corrected chi connectivity index (χ0v) is 8.80. The summed E-state index contributed by atoms with van der Waals surface area (Å²) < 4.78 is 0. The molecule has 3 nitrogen and oxygen atoms in total. The smallest absolute Gasteiger partial charge is 0.129 e. The first-order chi connectivity index (χ1) is 6.75. The first-order valence-corrected chi connectivity index (χ1v) is 5.16. The molecule has 76 valence electrons. The summed E-state index contributed by atoms with van der Waals surface area (Å²) in [7, 11) is 0. The molecule has 0 unspecified atom stereocenters. The van der Waals surface area contributed by atoms with Crippen molar-refractivity contribution in [1.82, 2.24) is 10.3 Å². The Hall–Kier alpha value is -1.09. The lowest BCUT2D eigenvalue weighted by molar-refractivity contribution is 0.786. The molecular weight excluding hydrogens is 174 g/mol. The average molecular weight is 191 g/mol. The fourth-order valence-corrected chi connectivity index (χ4v) is 1.84. The van der Waals surface area contributed by atoms with Crippen LogP contribution in [0.15, 0.2) is 12.3 Å². The van der Waals surface area contributed by atoms with Gasteiger partial charge in [0.2, 0.25) is 0 Å². The van der Waals surface area contributed by atoms with Crippen LogP contribution in [0.25, 0.3) is 0 Å². The van der Waals surface area contributed by atoms with Gasteiger partial charge in [0, 0.05) is 18.8 Å². The lowest BCUT2D eigenvalue weighted by Crippen LogP contribution is -2.23. The van der Waals surface area contributed by atoms with Gasteiger partial charge in [0.25, 0.3) is 0 Å². The Morgan fingerprint density at radius 2 is 2.36 bits per heavy atom. The lowest BCUT2D eigenvalue weighted by Gasteiger charge is -2.14. The molecule has 1 atom stereocenters. The standard InChI is InChI=1S/C11H17N3/c1-8-5-9(2)11(13-6-8)14-10-3-4-12-7-10/h5-6,10,12H,3-4,7H2,1-2H3,(H,13,14)/t10-/m0/s1. The normalized spacial score (nSPS) is 21.1. The fourth-order valence-electron chi connectivity index (χ4n) is 1.84. The first kappa shape index (κ1) is 9.46. The maximum absolute atomic E-state index is 4.40. The second-order valence-corrected chi connectivity index (χ2v) is 4.01. The molecule has 1 aromatic rings. The average Bonchev–Trinajstić information content (AvgIpc) is 2.62. The molecule has 0 aliphatic carbocycles. The molecule has 1 aliphatic heterocycles. The van der Waals surface area contributed by atoms with Gasteiger partial charge in [-0.3, -0.25) is 0 Å². The van der Waals surface area contributed by atoms with E-state index in [4.69, 9.17) is 0 Å². The summed E-state index contributed by atoms with van der Waals surface area (Å²) in [4.78, 5) is 4.40. The van der Waals surface area contributed by atoms with Gasteiger partial charge in [0.1, 0.15) is 5.82 Å². The molecule has 1 fully saturated rings. The van der Waals surface area contributed by atoms with Gasteiger partial charge in [-0.15, -0.1) is 0 Å². The summed E-state index contributed by atoms with van der Waals surface area (Å²) in [6.07, 6.45) is 3.10. The number of nitrogens with one attached hydrogen (secondary N) is 2. The van der Waals surface area contributed by atoms with Crippen LogP contribution in [0.3, 0.4) is 0 Å². The summed E-state index contributed by atoms with van der Waals surface area (Å²) in [6, 6.07) is 2.71. The number of aromatic nitrogens is 1. The number of pyridine rings is 1. The minimum Gasteiger partial charge on any atom is -0.366 e. The number of anilines is 1. The lowest BCUT2D eigenvalue weighted by atomic mass is 10.2. The van der Waals surface area contributed by atoms with E-state index in [-0.39, 0.29) is 0 Å². The van der Waals surface area contributed by atoms with E-state index in [1.807, 2.05) is 6.20 Å². The van der Waals surface area contributed by atoms with E-state index in [1.165, 1.54) is 17.5 Å². The molecule has 0 radical (unpaired) electrons.